The highest BCUT2D eigenvalue weighted by molar-refractivity contribution is 7.99. The molecule has 0 aliphatic carbocycles. The van der Waals surface area contributed by atoms with Crippen LogP contribution in [-0.4, -0.2) is 26.8 Å². The van der Waals surface area contributed by atoms with E-state index in [9.17, 15) is 4.79 Å². The second-order valence-corrected chi connectivity index (χ2v) is 4.36. The normalized spacial score (nSPS) is 10.3. The highest BCUT2D eigenvalue weighted by Crippen LogP contribution is 2.20. The average Bonchev–Trinajstić information content (AvgIpc) is 2.13. The minimum atomic E-state index is -0.781. The Bertz CT molecular complexity index is 380. The summed E-state index contributed by atoms with van der Waals surface area (Å²) >= 11 is 1.44. The van der Waals surface area contributed by atoms with Crippen molar-refractivity contribution in [2.75, 3.05) is 5.75 Å². The van der Waals surface area contributed by atoms with E-state index in [4.69, 9.17) is 5.11 Å². The molecule has 0 spiro atoms. The average molecular weight is 226 g/mol. The minimum absolute atomic E-state index is 0.151. The molecule has 1 N–H and O–H groups in total. The fraction of sp³-hybridized carbons (Fsp3) is 0.500. The van der Waals surface area contributed by atoms with E-state index in [2.05, 4.69) is 9.97 Å². The molecule has 0 aromatic carbocycles. The number of carbonyl (C=O) groups is 1. The van der Waals surface area contributed by atoms with Crippen molar-refractivity contribution in [3.63, 3.8) is 0 Å². The van der Waals surface area contributed by atoms with Crippen LogP contribution in [0.5, 0.6) is 0 Å². The van der Waals surface area contributed by atoms with Crippen molar-refractivity contribution in [3.05, 3.63) is 17.1 Å². The molecule has 0 saturated heterocycles. The topological polar surface area (TPSA) is 63.1 Å². The number of nitrogens with zero attached hydrogens (tertiary/aromatic N) is 2. The van der Waals surface area contributed by atoms with Crippen molar-refractivity contribution in [1.82, 2.24) is 9.97 Å². The molecule has 4 nitrogen and oxygen atoms in total. The summed E-state index contributed by atoms with van der Waals surface area (Å²) < 4.78 is 0. The number of thioether (sulfide) groups is 1. The Morgan fingerprint density at radius 1 is 1.20 bits per heavy atom. The molecule has 0 unspecified atom stereocenters. The predicted molar refractivity (Wildman–Crippen MR) is 59.2 cm³/mol. The van der Waals surface area contributed by atoms with Gasteiger partial charge >= 0.3 is 5.97 Å². The molecule has 1 heterocycles. The number of carboxylic acid groups (broad SMARTS) is 1. The van der Waals surface area contributed by atoms with Crippen molar-refractivity contribution < 1.29 is 9.90 Å². The Balaban J connectivity index is 2.69. The van der Waals surface area contributed by atoms with E-state index >= 15 is 0 Å². The molecule has 1 aromatic heterocycles. The van der Waals surface area contributed by atoms with Crippen LogP contribution >= 0.6 is 11.8 Å². The van der Waals surface area contributed by atoms with E-state index in [1.807, 2.05) is 20.8 Å². The number of aryl methyl sites for hydroxylation is 3. The van der Waals surface area contributed by atoms with Crippen LogP contribution in [0.2, 0.25) is 0 Å². The highest BCUT2D eigenvalue weighted by atomic mass is 32.2. The van der Waals surface area contributed by atoms with Crippen molar-refractivity contribution in [2.24, 2.45) is 0 Å². The third-order valence-electron chi connectivity index (χ3n) is 1.99. The lowest BCUT2D eigenvalue weighted by Crippen LogP contribution is -2.00. The van der Waals surface area contributed by atoms with Crippen LogP contribution in [0, 0.1) is 20.8 Å². The third kappa shape index (κ3) is 3.51. The summed E-state index contributed by atoms with van der Waals surface area (Å²) in [7, 11) is 0. The summed E-state index contributed by atoms with van der Waals surface area (Å²) in [6, 6.07) is 0. The van der Waals surface area contributed by atoms with E-state index in [1.165, 1.54) is 11.8 Å². The Morgan fingerprint density at radius 2 is 1.80 bits per heavy atom. The molecule has 1 aromatic rings. The van der Waals surface area contributed by atoms with Crippen LogP contribution in [0.25, 0.3) is 0 Å². The van der Waals surface area contributed by atoms with E-state index in [-0.39, 0.29) is 6.42 Å². The van der Waals surface area contributed by atoms with Crippen LogP contribution in [0.1, 0.15) is 23.5 Å². The van der Waals surface area contributed by atoms with E-state index in [0.717, 1.165) is 22.1 Å². The van der Waals surface area contributed by atoms with Crippen molar-refractivity contribution in [2.45, 2.75) is 32.2 Å². The maximum atomic E-state index is 10.3. The predicted octanol–water partition coefficient (Wildman–Crippen LogP) is 1.97. The zero-order valence-corrected chi connectivity index (χ0v) is 9.89. The first-order valence-corrected chi connectivity index (χ1v) is 5.65. The minimum Gasteiger partial charge on any atom is -0.481 e. The van der Waals surface area contributed by atoms with Crippen LogP contribution in [0.15, 0.2) is 5.03 Å². The molecule has 0 radical (unpaired) electrons. The number of hydrogen-bond donors (Lipinski definition) is 1. The van der Waals surface area contributed by atoms with Gasteiger partial charge in [0.25, 0.3) is 0 Å². The molecule has 0 aliphatic heterocycles. The van der Waals surface area contributed by atoms with Crippen LogP contribution < -0.4 is 0 Å². The Morgan fingerprint density at radius 3 is 2.40 bits per heavy atom. The standard InChI is InChI=1S/C10H14N2O2S/c1-6-7(2)12-10(8(3)11-6)15-5-4-9(13)14/h4-5H2,1-3H3,(H,13,14). The summed E-state index contributed by atoms with van der Waals surface area (Å²) in [6.45, 7) is 5.71. The molecule has 0 saturated carbocycles. The number of hydrogen-bond acceptors (Lipinski definition) is 4. The maximum Gasteiger partial charge on any atom is 0.304 e. The van der Waals surface area contributed by atoms with Gasteiger partial charge < -0.3 is 5.11 Å². The maximum absolute atomic E-state index is 10.3. The van der Waals surface area contributed by atoms with Gasteiger partial charge in [-0.3, -0.25) is 9.78 Å². The molecule has 0 atom stereocenters. The summed E-state index contributed by atoms with van der Waals surface area (Å²) in [5.41, 5.74) is 2.70. The molecule has 1 rings (SSSR count). The Labute approximate surface area is 93.1 Å². The first kappa shape index (κ1) is 12.0. The van der Waals surface area contributed by atoms with Gasteiger partial charge in [-0.1, -0.05) is 0 Å². The number of rotatable bonds is 4. The molecule has 0 amide bonds. The number of aliphatic carboxylic acids is 1. The molecule has 0 bridgehead atoms. The Kier molecular flexibility index (Phi) is 4.08. The molecular formula is C10H14N2O2S. The quantitative estimate of drug-likeness (QED) is 0.795. The first-order valence-electron chi connectivity index (χ1n) is 4.67. The van der Waals surface area contributed by atoms with Gasteiger partial charge in [-0.05, 0) is 20.8 Å². The van der Waals surface area contributed by atoms with Gasteiger partial charge in [0.05, 0.1) is 23.5 Å². The fourth-order valence-electron chi connectivity index (χ4n) is 1.07. The van der Waals surface area contributed by atoms with Gasteiger partial charge in [0.2, 0.25) is 0 Å². The van der Waals surface area contributed by atoms with Crippen molar-refractivity contribution in [1.29, 1.82) is 0 Å². The van der Waals surface area contributed by atoms with Crippen LogP contribution in [0.3, 0.4) is 0 Å². The van der Waals surface area contributed by atoms with Gasteiger partial charge in [-0.2, -0.15) is 0 Å². The molecular weight excluding hydrogens is 212 g/mol. The molecule has 82 valence electrons. The van der Waals surface area contributed by atoms with E-state index < -0.39 is 5.97 Å². The number of carboxylic acids is 1. The van der Waals surface area contributed by atoms with Gasteiger partial charge in [0.15, 0.2) is 0 Å². The lowest BCUT2D eigenvalue weighted by molar-refractivity contribution is -0.136. The highest BCUT2D eigenvalue weighted by Gasteiger charge is 2.06. The van der Waals surface area contributed by atoms with Crippen LogP contribution in [0.4, 0.5) is 0 Å². The lowest BCUT2D eigenvalue weighted by Gasteiger charge is -2.06. The molecule has 15 heavy (non-hydrogen) atoms. The second-order valence-electron chi connectivity index (χ2n) is 3.28. The smallest absolute Gasteiger partial charge is 0.304 e. The summed E-state index contributed by atoms with van der Waals surface area (Å²) in [5, 5.41) is 9.34. The molecule has 5 heteroatoms. The zero-order valence-electron chi connectivity index (χ0n) is 9.07. The van der Waals surface area contributed by atoms with Crippen LogP contribution in [-0.2, 0) is 4.79 Å². The van der Waals surface area contributed by atoms with Gasteiger partial charge in [0.1, 0.15) is 5.03 Å². The Hall–Kier alpha value is -1.10. The SMILES string of the molecule is Cc1nc(C)c(SCCC(=O)O)nc1C. The van der Waals surface area contributed by atoms with Crippen molar-refractivity contribution in [3.8, 4) is 0 Å². The summed E-state index contributed by atoms with van der Waals surface area (Å²) in [6.07, 6.45) is 0.151. The summed E-state index contributed by atoms with van der Waals surface area (Å²) in [5.74, 6) is -0.246. The molecule has 0 fully saturated rings. The largest absolute Gasteiger partial charge is 0.481 e. The fourth-order valence-corrected chi connectivity index (χ4v) is 1.99. The lowest BCUT2D eigenvalue weighted by atomic mass is 10.3. The summed E-state index contributed by atoms with van der Waals surface area (Å²) in [4.78, 5) is 19.1. The van der Waals surface area contributed by atoms with Gasteiger partial charge in [0, 0.05) is 5.75 Å². The zero-order chi connectivity index (χ0) is 11.4. The first-order chi connectivity index (χ1) is 7.00. The van der Waals surface area contributed by atoms with Gasteiger partial charge in [-0.25, -0.2) is 4.98 Å². The monoisotopic (exact) mass is 226 g/mol. The van der Waals surface area contributed by atoms with Gasteiger partial charge in [-0.15, -0.1) is 11.8 Å². The van der Waals surface area contributed by atoms with E-state index in [1.54, 1.807) is 0 Å². The van der Waals surface area contributed by atoms with E-state index in [0.29, 0.717) is 5.75 Å². The third-order valence-corrected chi connectivity index (χ3v) is 3.06. The van der Waals surface area contributed by atoms with Crippen molar-refractivity contribution >= 4 is 17.7 Å². The molecule has 0 aliphatic rings. The number of aromatic nitrogens is 2. The second kappa shape index (κ2) is 5.11.